The van der Waals surface area contributed by atoms with Crippen molar-refractivity contribution < 1.29 is 9.59 Å². The second-order valence-corrected chi connectivity index (χ2v) is 6.83. The van der Waals surface area contributed by atoms with E-state index in [1.807, 2.05) is 13.8 Å². The first-order chi connectivity index (χ1) is 10.3. The van der Waals surface area contributed by atoms with E-state index < -0.39 is 11.8 Å². The number of nitrogens with two attached hydrogens (primary N) is 1. The molecule has 0 saturated heterocycles. The Kier molecular flexibility index (Phi) is 5.11. The fourth-order valence-corrected chi connectivity index (χ4v) is 3.27. The number of primary amides is 1. The molecule has 7 heteroatoms. The van der Waals surface area contributed by atoms with Gasteiger partial charge in [0.2, 0.25) is 0 Å². The smallest absolute Gasteiger partial charge is 0.257 e. The molecule has 0 aliphatic rings. The minimum atomic E-state index is -0.587. The SMILES string of the molecule is CC(C)c1cc(C(N)=O)c(NC(=O)c2cccc(Cl)c2Cl)s1. The molecular weight excluding hydrogens is 343 g/mol. The van der Waals surface area contributed by atoms with Gasteiger partial charge in [-0.3, -0.25) is 9.59 Å². The summed E-state index contributed by atoms with van der Waals surface area (Å²) in [6.45, 7) is 3.99. The van der Waals surface area contributed by atoms with Gasteiger partial charge in [0, 0.05) is 4.88 Å². The number of carbonyl (C=O) groups is 2. The lowest BCUT2D eigenvalue weighted by Crippen LogP contribution is -2.16. The fraction of sp³-hybridized carbons (Fsp3) is 0.200. The summed E-state index contributed by atoms with van der Waals surface area (Å²) in [4.78, 5) is 24.8. The zero-order chi connectivity index (χ0) is 16.4. The minimum absolute atomic E-state index is 0.169. The monoisotopic (exact) mass is 356 g/mol. The summed E-state index contributed by atoms with van der Waals surface area (Å²) in [5.41, 5.74) is 5.90. The molecule has 0 saturated carbocycles. The Morgan fingerprint density at radius 3 is 2.50 bits per heavy atom. The van der Waals surface area contributed by atoms with Gasteiger partial charge in [0.25, 0.3) is 11.8 Å². The van der Waals surface area contributed by atoms with Crippen molar-refractivity contribution in [3.05, 3.63) is 50.3 Å². The van der Waals surface area contributed by atoms with Crippen LogP contribution in [0.4, 0.5) is 5.00 Å². The molecule has 2 amide bonds. The van der Waals surface area contributed by atoms with Crippen LogP contribution in [-0.2, 0) is 0 Å². The first-order valence-corrected chi connectivity index (χ1v) is 8.07. The van der Waals surface area contributed by atoms with Crippen molar-refractivity contribution in [2.24, 2.45) is 5.73 Å². The maximum atomic E-state index is 12.3. The molecule has 1 aromatic carbocycles. The average Bonchev–Trinajstić information content (AvgIpc) is 2.86. The van der Waals surface area contributed by atoms with Crippen molar-refractivity contribution in [3.8, 4) is 0 Å². The Hall–Kier alpha value is -1.56. The van der Waals surface area contributed by atoms with Gasteiger partial charge in [-0.2, -0.15) is 0 Å². The molecule has 2 rings (SSSR count). The van der Waals surface area contributed by atoms with E-state index >= 15 is 0 Å². The van der Waals surface area contributed by atoms with E-state index in [4.69, 9.17) is 28.9 Å². The van der Waals surface area contributed by atoms with Gasteiger partial charge in [-0.1, -0.05) is 43.1 Å². The number of thiophene rings is 1. The summed E-state index contributed by atoms with van der Waals surface area (Å²) in [6.07, 6.45) is 0. The first-order valence-electron chi connectivity index (χ1n) is 6.50. The van der Waals surface area contributed by atoms with Gasteiger partial charge in [0.1, 0.15) is 5.00 Å². The predicted molar refractivity (Wildman–Crippen MR) is 91.3 cm³/mol. The van der Waals surface area contributed by atoms with Gasteiger partial charge in [0.05, 0.1) is 21.2 Å². The second-order valence-electron chi connectivity index (χ2n) is 4.97. The zero-order valence-corrected chi connectivity index (χ0v) is 14.3. The van der Waals surface area contributed by atoms with Gasteiger partial charge in [-0.15, -0.1) is 11.3 Å². The van der Waals surface area contributed by atoms with Crippen LogP contribution >= 0.6 is 34.5 Å². The van der Waals surface area contributed by atoms with Crippen LogP contribution in [0.25, 0.3) is 0 Å². The van der Waals surface area contributed by atoms with Crippen molar-refractivity contribution in [1.82, 2.24) is 0 Å². The third-order valence-electron chi connectivity index (χ3n) is 3.01. The highest BCUT2D eigenvalue weighted by atomic mass is 35.5. The van der Waals surface area contributed by atoms with E-state index in [9.17, 15) is 9.59 Å². The summed E-state index contributed by atoms with van der Waals surface area (Å²) < 4.78 is 0. The van der Waals surface area contributed by atoms with Gasteiger partial charge in [-0.05, 0) is 24.1 Å². The molecule has 116 valence electrons. The van der Waals surface area contributed by atoms with E-state index in [2.05, 4.69) is 5.32 Å². The summed E-state index contributed by atoms with van der Waals surface area (Å²) in [5, 5.41) is 3.56. The van der Waals surface area contributed by atoms with Crippen LogP contribution in [0, 0.1) is 0 Å². The Morgan fingerprint density at radius 2 is 1.91 bits per heavy atom. The highest BCUT2D eigenvalue weighted by molar-refractivity contribution is 7.16. The van der Waals surface area contributed by atoms with E-state index in [0.717, 1.165) is 4.88 Å². The highest BCUT2D eigenvalue weighted by Gasteiger charge is 2.19. The molecule has 0 bridgehead atoms. The molecule has 0 atom stereocenters. The normalized spacial score (nSPS) is 10.8. The lowest BCUT2D eigenvalue weighted by molar-refractivity contribution is 0.100. The number of hydrogen-bond acceptors (Lipinski definition) is 3. The fourth-order valence-electron chi connectivity index (χ4n) is 1.82. The van der Waals surface area contributed by atoms with Gasteiger partial charge in [0.15, 0.2) is 0 Å². The molecule has 0 spiro atoms. The Bertz CT molecular complexity index is 741. The van der Waals surface area contributed by atoms with E-state index in [1.54, 1.807) is 24.3 Å². The maximum absolute atomic E-state index is 12.3. The van der Waals surface area contributed by atoms with Crippen molar-refractivity contribution >= 4 is 51.4 Å². The largest absolute Gasteiger partial charge is 0.366 e. The van der Waals surface area contributed by atoms with E-state index in [0.29, 0.717) is 15.6 Å². The zero-order valence-electron chi connectivity index (χ0n) is 11.9. The second kappa shape index (κ2) is 6.69. The minimum Gasteiger partial charge on any atom is -0.366 e. The molecule has 1 aromatic heterocycles. The lowest BCUT2D eigenvalue weighted by atomic mass is 10.1. The molecule has 0 radical (unpaired) electrons. The number of nitrogens with one attached hydrogen (secondary N) is 1. The number of rotatable bonds is 4. The molecule has 0 unspecified atom stereocenters. The van der Waals surface area contributed by atoms with Gasteiger partial charge in [-0.25, -0.2) is 0 Å². The van der Waals surface area contributed by atoms with Crippen LogP contribution in [0.5, 0.6) is 0 Å². The number of amides is 2. The lowest BCUT2D eigenvalue weighted by Gasteiger charge is -2.07. The van der Waals surface area contributed by atoms with Crippen molar-refractivity contribution in [3.63, 3.8) is 0 Å². The predicted octanol–water partition coefficient (Wildman–Crippen LogP) is 4.53. The molecule has 3 N–H and O–H groups in total. The summed E-state index contributed by atoms with van der Waals surface area (Å²) >= 11 is 13.3. The Balaban J connectivity index is 2.36. The van der Waals surface area contributed by atoms with Crippen LogP contribution in [0.2, 0.25) is 10.0 Å². The first kappa shape index (κ1) is 16.8. The van der Waals surface area contributed by atoms with Gasteiger partial charge >= 0.3 is 0 Å². The van der Waals surface area contributed by atoms with Crippen LogP contribution in [-0.4, -0.2) is 11.8 Å². The number of anilines is 1. The summed E-state index contributed by atoms with van der Waals surface area (Å²) in [5.74, 6) is -0.800. The topological polar surface area (TPSA) is 72.2 Å². The molecule has 0 fully saturated rings. The molecule has 0 aliphatic heterocycles. The van der Waals surface area contributed by atoms with Crippen LogP contribution in [0.15, 0.2) is 24.3 Å². The number of halogens is 2. The standard InChI is InChI=1S/C15H14Cl2N2O2S/c1-7(2)11-6-9(13(18)20)15(22-11)19-14(21)8-4-3-5-10(16)12(8)17/h3-7H,1-2H3,(H2,18,20)(H,19,21). The van der Waals surface area contributed by atoms with E-state index in [-0.39, 0.29) is 16.5 Å². The van der Waals surface area contributed by atoms with E-state index in [1.165, 1.54) is 11.3 Å². The van der Waals surface area contributed by atoms with Crippen molar-refractivity contribution in [1.29, 1.82) is 0 Å². The Labute approximate surface area is 142 Å². The maximum Gasteiger partial charge on any atom is 0.257 e. The van der Waals surface area contributed by atoms with Gasteiger partial charge < -0.3 is 11.1 Å². The quantitative estimate of drug-likeness (QED) is 0.844. The van der Waals surface area contributed by atoms with Crippen LogP contribution in [0.3, 0.4) is 0 Å². The van der Waals surface area contributed by atoms with Crippen molar-refractivity contribution in [2.45, 2.75) is 19.8 Å². The number of benzene rings is 1. The molecule has 1 heterocycles. The molecule has 0 aliphatic carbocycles. The molecule has 2 aromatic rings. The number of carbonyl (C=O) groups excluding carboxylic acids is 2. The summed E-state index contributed by atoms with van der Waals surface area (Å²) in [7, 11) is 0. The van der Waals surface area contributed by atoms with Crippen molar-refractivity contribution in [2.75, 3.05) is 5.32 Å². The van der Waals surface area contributed by atoms with Crippen LogP contribution < -0.4 is 11.1 Å². The third-order valence-corrected chi connectivity index (χ3v) is 5.18. The average molecular weight is 357 g/mol. The third kappa shape index (κ3) is 3.43. The number of hydrogen-bond donors (Lipinski definition) is 2. The molecule has 22 heavy (non-hydrogen) atoms. The van der Waals surface area contributed by atoms with Crippen LogP contribution in [0.1, 0.15) is 45.4 Å². The summed E-state index contributed by atoms with van der Waals surface area (Å²) in [6, 6.07) is 6.49. The highest BCUT2D eigenvalue weighted by Crippen LogP contribution is 2.34. The molecule has 4 nitrogen and oxygen atoms in total. The Morgan fingerprint density at radius 1 is 1.23 bits per heavy atom. The molecular formula is C15H14Cl2N2O2S.